The van der Waals surface area contributed by atoms with Crippen LogP contribution in [-0.2, 0) is 13.0 Å². The lowest BCUT2D eigenvalue weighted by Crippen LogP contribution is -2.25. The van der Waals surface area contributed by atoms with Gasteiger partial charge in [0, 0.05) is 31.1 Å². The number of hydrogen-bond acceptors (Lipinski definition) is 6. The van der Waals surface area contributed by atoms with Crippen molar-refractivity contribution < 1.29 is 19.3 Å². The third-order valence-corrected chi connectivity index (χ3v) is 6.46. The van der Waals surface area contributed by atoms with Crippen LogP contribution in [0.5, 0.6) is 23.0 Å². The number of phenolic OH excluding ortho intramolecular Hbond substituents is 1. The molecule has 2 aromatic rings. The SMILES string of the molecule is COc1cc(Cc2[c]cc(O)cc2OCCN2CCCC2)cc(OC)c1CN1CCCC1. The molecule has 0 aliphatic carbocycles. The first-order chi connectivity index (χ1) is 15.7. The predicted octanol–water partition coefficient (Wildman–Crippen LogP) is 3.87. The van der Waals surface area contributed by atoms with Crippen LogP contribution >= 0.6 is 0 Å². The molecule has 2 heterocycles. The van der Waals surface area contributed by atoms with Crippen LogP contribution in [0.1, 0.15) is 42.4 Å². The number of phenols is 1. The second-order valence-corrected chi connectivity index (χ2v) is 8.74. The third-order valence-electron chi connectivity index (χ3n) is 6.46. The number of methoxy groups -OCH3 is 2. The van der Waals surface area contributed by atoms with Crippen LogP contribution in [0.2, 0.25) is 0 Å². The van der Waals surface area contributed by atoms with E-state index in [1.54, 1.807) is 26.4 Å². The second-order valence-electron chi connectivity index (χ2n) is 8.74. The van der Waals surface area contributed by atoms with E-state index < -0.39 is 0 Å². The normalized spacial score (nSPS) is 17.1. The summed E-state index contributed by atoms with van der Waals surface area (Å²) in [5.74, 6) is 2.55. The quantitative estimate of drug-likeness (QED) is 0.607. The van der Waals surface area contributed by atoms with Crippen LogP contribution in [0, 0.1) is 6.07 Å². The Hall–Kier alpha value is -2.44. The molecule has 6 heteroatoms. The van der Waals surface area contributed by atoms with Gasteiger partial charge in [0.2, 0.25) is 0 Å². The van der Waals surface area contributed by atoms with Gasteiger partial charge < -0.3 is 19.3 Å². The maximum absolute atomic E-state index is 9.98. The van der Waals surface area contributed by atoms with Crippen LogP contribution < -0.4 is 14.2 Å². The molecule has 0 aromatic heterocycles. The molecule has 0 bridgehead atoms. The number of ether oxygens (including phenoxy) is 3. The molecule has 32 heavy (non-hydrogen) atoms. The molecule has 0 atom stereocenters. The third kappa shape index (κ3) is 5.67. The standard InChI is InChI=1S/C26H35N2O4/c1-30-25-16-20(17-26(31-2)23(25)19-28-11-5-6-12-28)15-21-7-8-22(29)18-24(21)32-14-13-27-9-3-4-10-27/h8,16-18,29H,3-6,9-15,19H2,1-2H3. The summed E-state index contributed by atoms with van der Waals surface area (Å²) in [7, 11) is 3.43. The summed E-state index contributed by atoms with van der Waals surface area (Å²) < 4.78 is 17.6. The van der Waals surface area contributed by atoms with Crippen molar-refractivity contribution in [3.63, 3.8) is 0 Å². The first-order valence-electron chi connectivity index (χ1n) is 11.7. The zero-order valence-electron chi connectivity index (χ0n) is 19.4. The first-order valence-corrected chi connectivity index (χ1v) is 11.7. The van der Waals surface area contributed by atoms with Crippen molar-refractivity contribution in [2.45, 2.75) is 38.6 Å². The van der Waals surface area contributed by atoms with E-state index in [9.17, 15) is 5.11 Å². The maximum atomic E-state index is 9.98. The molecular formula is C26H35N2O4. The van der Waals surface area contributed by atoms with E-state index >= 15 is 0 Å². The highest BCUT2D eigenvalue weighted by Gasteiger charge is 2.19. The van der Waals surface area contributed by atoms with Crippen LogP contribution in [0.25, 0.3) is 0 Å². The van der Waals surface area contributed by atoms with E-state index in [-0.39, 0.29) is 5.75 Å². The topological polar surface area (TPSA) is 54.4 Å². The fourth-order valence-corrected chi connectivity index (χ4v) is 4.72. The summed E-state index contributed by atoms with van der Waals surface area (Å²) in [6, 6.07) is 10.7. The van der Waals surface area contributed by atoms with Crippen LogP contribution in [0.15, 0.2) is 24.3 Å². The molecule has 1 N–H and O–H groups in total. The Morgan fingerprint density at radius 1 is 0.875 bits per heavy atom. The van der Waals surface area contributed by atoms with Crippen molar-refractivity contribution in [2.75, 3.05) is 53.6 Å². The molecule has 0 amide bonds. The van der Waals surface area contributed by atoms with Gasteiger partial charge in [0.05, 0.1) is 19.8 Å². The molecule has 2 aliphatic rings. The Kier molecular flexibility index (Phi) is 7.76. The van der Waals surface area contributed by atoms with Gasteiger partial charge in [-0.05, 0) is 81.7 Å². The van der Waals surface area contributed by atoms with Gasteiger partial charge in [-0.2, -0.15) is 0 Å². The number of likely N-dealkylation sites (tertiary alicyclic amines) is 2. The Morgan fingerprint density at radius 3 is 2.12 bits per heavy atom. The minimum atomic E-state index is 0.168. The van der Waals surface area contributed by atoms with Gasteiger partial charge in [-0.15, -0.1) is 0 Å². The van der Waals surface area contributed by atoms with Crippen LogP contribution in [0.4, 0.5) is 0 Å². The van der Waals surface area contributed by atoms with E-state index in [2.05, 4.69) is 28.0 Å². The number of nitrogens with zero attached hydrogens (tertiary/aromatic N) is 2. The molecule has 2 aliphatic heterocycles. The summed E-state index contributed by atoms with van der Waals surface area (Å²) in [6.45, 7) is 6.87. The highest BCUT2D eigenvalue weighted by molar-refractivity contribution is 5.50. The van der Waals surface area contributed by atoms with Gasteiger partial charge in [-0.1, -0.05) is 0 Å². The van der Waals surface area contributed by atoms with Gasteiger partial charge in [-0.3, -0.25) is 9.80 Å². The molecule has 173 valence electrons. The second kappa shape index (κ2) is 10.9. The smallest absolute Gasteiger partial charge is 0.127 e. The summed E-state index contributed by atoms with van der Waals surface area (Å²) in [6.07, 6.45) is 5.65. The number of aromatic hydroxyl groups is 1. The van der Waals surface area contributed by atoms with E-state index in [4.69, 9.17) is 14.2 Å². The van der Waals surface area contributed by atoms with Crippen molar-refractivity contribution in [1.29, 1.82) is 0 Å². The molecule has 2 fully saturated rings. The van der Waals surface area contributed by atoms with Gasteiger partial charge >= 0.3 is 0 Å². The lowest BCUT2D eigenvalue weighted by molar-refractivity contribution is 0.236. The summed E-state index contributed by atoms with van der Waals surface area (Å²) in [4.78, 5) is 4.86. The summed E-state index contributed by atoms with van der Waals surface area (Å²) >= 11 is 0. The molecular weight excluding hydrogens is 404 g/mol. The Labute approximate surface area is 191 Å². The first kappa shape index (κ1) is 22.7. The fourth-order valence-electron chi connectivity index (χ4n) is 4.72. The average Bonchev–Trinajstić information content (AvgIpc) is 3.50. The van der Waals surface area contributed by atoms with Crippen molar-refractivity contribution in [2.24, 2.45) is 0 Å². The Bertz CT molecular complexity index is 864. The highest BCUT2D eigenvalue weighted by atomic mass is 16.5. The number of hydrogen-bond donors (Lipinski definition) is 1. The number of rotatable bonds is 10. The molecule has 4 rings (SSSR count). The van der Waals surface area contributed by atoms with Crippen molar-refractivity contribution in [1.82, 2.24) is 9.80 Å². The zero-order chi connectivity index (χ0) is 22.3. The van der Waals surface area contributed by atoms with Crippen LogP contribution in [0.3, 0.4) is 0 Å². The lowest BCUT2D eigenvalue weighted by Gasteiger charge is -2.21. The van der Waals surface area contributed by atoms with E-state index in [0.29, 0.717) is 18.8 Å². The highest BCUT2D eigenvalue weighted by Crippen LogP contribution is 2.35. The maximum Gasteiger partial charge on any atom is 0.127 e. The minimum absolute atomic E-state index is 0.168. The average molecular weight is 440 g/mol. The predicted molar refractivity (Wildman–Crippen MR) is 125 cm³/mol. The minimum Gasteiger partial charge on any atom is -0.508 e. The van der Waals surface area contributed by atoms with E-state index in [1.165, 1.54) is 25.7 Å². The van der Waals surface area contributed by atoms with Gasteiger partial charge in [0.1, 0.15) is 29.6 Å². The van der Waals surface area contributed by atoms with Crippen molar-refractivity contribution in [3.05, 3.63) is 47.0 Å². The molecule has 0 spiro atoms. The summed E-state index contributed by atoms with van der Waals surface area (Å²) in [5, 5.41) is 9.98. The Balaban J connectivity index is 1.51. The largest absolute Gasteiger partial charge is 0.508 e. The van der Waals surface area contributed by atoms with Crippen molar-refractivity contribution in [3.8, 4) is 23.0 Å². The monoisotopic (exact) mass is 439 g/mol. The molecule has 1 radical (unpaired) electrons. The molecule has 6 nitrogen and oxygen atoms in total. The lowest BCUT2D eigenvalue weighted by atomic mass is 10.0. The van der Waals surface area contributed by atoms with Gasteiger partial charge in [-0.25, -0.2) is 0 Å². The van der Waals surface area contributed by atoms with Crippen molar-refractivity contribution >= 4 is 0 Å². The molecule has 2 saturated heterocycles. The van der Waals surface area contributed by atoms with E-state index in [1.807, 2.05) is 0 Å². The zero-order valence-corrected chi connectivity index (χ0v) is 19.4. The van der Waals surface area contributed by atoms with E-state index in [0.717, 1.165) is 67.5 Å². The Morgan fingerprint density at radius 2 is 1.50 bits per heavy atom. The molecule has 0 unspecified atom stereocenters. The van der Waals surface area contributed by atoms with Crippen LogP contribution in [-0.4, -0.2) is 68.5 Å². The fraction of sp³-hybridized carbons (Fsp3) is 0.538. The molecule has 2 aromatic carbocycles. The summed E-state index contributed by atoms with van der Waals surface area (Å²) in [5.41, 5.74) is 3.08. The molecule has 0 saturated carbocycles. The van der Waals surface area contributed by atoms with Gasteiger partial charge in [0.25, 0.3) is 0 Å². The van der Waals surface area contributed by atoms with Gasteiger partial charge in [0.15, 0.2) is 0 Å². The number of benzene rings is 2.